The largest absolute Gasteiger partial charge is 0.372 e. The average molecular weight is 305 g/mol. The van der Waals surface area contributed by atoms with E-state index in [1.165, 1.54) is 5.69 Å². The fourth-order valence-corrected chi connectivity index (χ4v) is 2.64. The average Bonchev–Trinajstić information content (AvgIpc) is 2.58. The Morgan fingerprint density at radius 3 is 2.59 bits per heavy atom. The van der Waals surface area contributed by atoms with Crippen LogP contribution in [0.4, 0.5) is 5.69 Å². The zero-order chi connectivity index (χ0) is 15.6. The van der Waals surface area contributed by atoms with Crippen molar-refractivity contribution in [1.29, 1.82) is 0 Å². The summed E-state index contributed by atoms with van der Waals surface area (Å²) in [7, 11) is 0. The van der Waals surface area contributed by atoms with Gasteiger partial charge in [0.1, 0.15) is 6.61 Å². The number of nitrogens with one attached hydrogen (secondary N) is 1. The van der Waals surface area contributed by atoms with E-state index in [4.69, 9.17) is 4.74 Å². The molecule has 0 unspecified atom stereocenters. The molecule has 5 nitrogen and oxygen atoms in total. The quantitative estimate of drug-likeness (QED) is 0.737. The molecule has 0 aliphatic carbocycles. The molecule has 5 heteroatoms. The molecule has 1 aliphatic rings. The maximum atomic E-state index is 11.4. The van der Waals surface area contributed by atoms with Crippen LogP contribution in [-0.4, -0.2) is 63.3 Å². The molecule has 1 saturated heterocycles. The molecule has 2 rings (SSSR count). The molecule has 1 N–H and O–H groups in total. The Hall–Kier alpha value is -1.59. The third kappa shape index (κ3) is 5.66. The maximum Gasteiger partial charge on any atom is 0.245 e. The summed E-state index contributed by atoms with van der Waals surface area (Å²) in [5, 5.41) is 2.89. The highest BCUT2D eigenvalue weighted by atomic mass is 16.5. The highest BCUT2D eigenvalue weighted by molar-refractivity contribution is 5.77. The third-order valence-corrected chi connectivity index (χ3v) is 3.90. The second-order valence-corrected chi connectivity index (χ2v) is 5.50. The van der Waals surface area contributed by atoms with Crippen molar-refractivity contribution < 1.29 is 9.53 Å². The first kappa shape index (κ1) is 16.8. The summed E-state index contributed by atoms with van der Waals surface area (Å²) in [5.41, 5.74) is 1.31. The van der Waals surface area contributed by atoms with Gasteiger partial charge in [0, 0.05) is 45.0 Å². The van der Waals surface area contributed by atoms with Crippen LogP contribution in [-0.2, 0) is 9.53 Å². The van der Waals surface area contributed by atoms with Crippen LogP contribution in [0.5, 0.6) is 0 Å². The van der Waals surface area contributed by atoms with Gasteiger partial charge in [0.15, 0.2) is 0 Å². The number of para-hydroxylation sites is 1. The molecule has 1 aromatic rings. The van der Waals surface area contributed by atoms with Crippen molar-refractivity contribution in [3.8, 4) is 0 Å². The van der Waals surface area contributed by atoms with Gasteiger partial charge in [-0.25, -0.2) is 0 Å². The molecule has 1 aromatic carbocycles. The number of ether oxygens (including phenoxy) is 1. The Labute approximate surface area is 133 Å². The van der Waals surface area contributed by atoms with E-state index in [0.717, 1.165) is 45.7 Å². The lowest BCUT2D eigenvalue weighted by Gasteiger charge is -2.36. The van der Waals surface area contributed by atoms with Crippen molar-refractivity contribution in [2.24, 2.45) is 0 Å². The van der Waals surface area contributed by atoms with Crippen molar-refractivity contribution in [2.75, 3.05) is 57.4 Å². The Balaban J connectivity index is 1.57. The lowest BCUT2D eigenvalue weighted by atomic mass is 10.2. The fourth-order valence-electron chi connectivity index (χ4n) is 2.64. The number of carbonyl (C=O) groups is 1. The van der Waals surface area contributed by atoms with Crippen LogP contribution in [0, 0.1) is 0 Å². The van der Waals surface area contributed by atoms with Gasteiger partial charge in [0.2, 0.25) is 5.91 Å². The molecule has 0 spiro atoms. The summed E-state index contributed by atoms with van der Waals surface area (Å²) >= 11 is 0. The van der Waals surface area contributed by atoms with Crippen molar-refractivity contribution in [1.82, 2.24) is 10.2 Å². The number of nitrogens with zero attached hydrogens (tertiary/aromatic N) is 2. The monoisotopic (exact) mass is 305 g/mol. The van der Waals surface area contributed by atoms with Gasteiger partial charge < -0.3 is 15.0 Å². The molecular formula is C17H27N3O2. The molecule has 22 heavy (non-hydrogen) atoms. The van der Waals surface area contributed by atoms with Crippen molar-refractivity contribution in [3.63, 3.8) is 0 Å². The van der Waals surface area contributed by atoms with E-state index in [-0.39, 0.29) is 12.5 Å². The SMILES string of the molecule is CCOCC(=O)NCCCN1CCN(c2ccccc2)CC1. The first-order valence-electron chi connectivity index (χ1n) is 8.16. The van der Waals surface area contributed by atoms with Gasteiger partial charge in [-0.1, -0.05) is 18.2 Å². The number of piperazine rings is 1. The molecule has 0 bridgehead atoms. The van der Waals surface area contributed by atoms with E-state index < -0.39 is 0 Å². The molecule has 0 radical (unpaired) electrons. The number of anilines is 1. The summed E-state index contributed by atoms with van der Waals surface area (Å²) < 4.78 is 5.07. The zero-order valence-corrected chi connectivity index (χ0v) is 13.5. The Kier molecular flexibility index (Phi) is 7.19. The van der Waals surface area contributed by atoms with Gasteiger partial charge in [-0.3, -0.25) is 9.69 Å². The minimum Gasteiger partial charge on any atom is -0.372 e. The molecule has 122 valence electrons. The van der Waals surface area contributed by atoms with Crippen molar-refractivity contribution in [2.45, 2.75) is 13.3 Å². The summed E-state index contributed by atoms with van der Waals surface area (Å²) in [5.74, 6) is -0.0178. The van der Waals surface area contributed by atoms with Crippen LogP contribution >= 0.6 is 0 Å². The van der Waals surface area contributed by atoms with Crippen LogP contribution in [0.3, 0.4) is 0 Å². The zero-order valence-electron chi connectivity index (χ0n) is 13.5. The molecule has 0 atom stereocenters. The number of hydrogen-bond acceptors (Lipinski definition) is 4. The van der Waals surface area contributed by atoms with E-state index in [0.29, 0.717) is 6.61 Å². The Morgan fingerprint density at radius 2 is 1.91 bits per heavy atom. The van der Waals surface area contributed by atoms with E-state index in [9.17, 15) is 4.79 Å². The lowest BCUT2D eigenvalue weighted by molar-refractivity contribution is -0.125. The van der Waals surface area contributed by atoms with Gasteiger partial charge in [0.25, 0.3) is 0 Å². The molecule has 1 aliphatic heterocycles. The first-order chi connectivity index (χ1) is 10.8. The van der Waals surface area contributed by atoms with Crippen LogP contribution in [0.15, 0.2) is 30.3 Å². The van der Waals surface area contributed by atoms with Crippen molar-refractivity contribution >= 4 is 11.6 Å². The number of amides is 1. The summed E-state index contributed by atoms with van der Waals surface area (Å²) in [6.45, 7) is 8.72. The van der Waals surface area contributed by atoms with Crippen LogP contribution < -0.4 is 10.2 Å². The Morgan fingerprint density at radius 1 is 1.18 bits per heavy atom. The van der Waals surface area contributed by atoms with Crippen LogP contribution in [0.2, 0.25) is 0 Å². The van der Waals surface area contributed by atoms with Gasteiger partial charge in [-0.2, -0.15) is 0 Å². The first-order valence-corrected chi connectivity index (χ1v) is 8.16. The number of hydrogen-bond donors (Lipinski definition) is 1. The van der Waals surface area contributed by atoms with Gasteiger partial charge in [0.05, 0.1) is 0 Å². The lowest BCUT2D eigenvalue weighted by Crippen LogP contribution is -2.47. The molecule has 0 aromatic heterocycles. The highest BCUT2D eigenvalue weighted by Gasteiger charge is 2.16. The van der Waals surface area contributed by atoms with E-state index in [1.54, 1.807) is 0 Å². The topological polar surface area (TPSA) is 44.8 Å². The van der Waals surface area contributed by atoms with E-state index in [1.807, 2.05) is 6.92 Å². The predicted molar refractivity (Wildman–Crippen MR) is 89.2 cm³/mol. The molecular weight excluding hydrogens is 278 g/mol. The number of benzene rings is 1. The van der Waals surface area contributed by atoms with E-state index in [2.05, 4.69) is 45.4 Å². The van der Waals surface area contributed by atoms with E-state index >= 15 is 0 Å². The van der Waals surface area contributed by atoms with Gasteiger partial charge in [-0.15, -0.1) is 0 Å². The fraction of sp³-hybridized carbons (Fsp3) is 0.588. The second-order valence-electron chi connectivity index (χ2n) is 5.50. The second kappa shape index (κ2) is 9.43. The normalized spacial score (nSPS) is 15.8. The minimum atomic E-state index is -0.0178. The summed E-state index contributed by atoms with van der Waals surface area (Å²) in [4.78, 5) is 16.3. The molecule has 1 fully saturated rings. The Bertz CT molecular complexity index is 431. The third-order valence-electron chi connectivity index (χ3n) is 3.90. The number of carbonyl (C=O) groups excluding carboxylic acids is 1. The van der Waals surface area contributed by atoms with Gasteiger partial charge in [-0.05, 0) is 32.0 Å². The molecule has 1 amide bonds. The van der Waals surface area contributed by atoms with Crippen molar-refractivity contribution in [3.05, 3.63) is 30.3 Å². The predicted octanol–water partition coefficient (Wildman–Crippen LogP) is 1.35. The van der Waals surface area contributed by atoms with Gasteiger partial charge >= 0.3 is 0 Å². The standard InChI is InChI=1S/C17H27N3O2/c1-2-22-15-17(21)18-9-6-10-19-11-13-20(14-12-19)16-7-4-3-5-8-16/h3-5,7-8H,2,6,9-15H2,1H3,(H,18,21). The minimum absolute atomic E-state index is 0.0178. The van der Waals surface area contributed by atoms with Crippen LogP contribution in [0.25, 0.3) is 0 Å². The summed E-state index contributed by atoms with van der Waals surface area (Å²) in [6, 6.07) is 10.6. The number of rotatable bonds is 8. The van der Waals surface area contributed by atoms with Crippen LogP contribution in [0.1, 0.15) is 13.3 Å². The smallest absolute Gasteiger partial charge is 0.245 e. The maximum absolute atomic E-state index is 11.4. The molecule has 0 saturated carbocycles. The summed E-state index contributed by atoms with van der Waals surface area (Å²) in [6.07, 6.45) is 0.989. The highest BCUT2D eigenvalue weighted by Crippen LogP contribution is 2.15. The molecule has 1 heterocycles.